The lowest BCUT2D eigenvalue weighted by atomic mass is 9.92. The smallest absolute Gasteiger partial charge is 0.234 e. The molecule has 6 heteroatoms. The van der Waals surface area contributed by atoms with Crippen molar-refractivity contribution in [3.63, 3.8) is 0 Å². The number of carbonyl (C=O) groups is 2. The molecular formula is C22H32ClN3O2. The molecule has 0 aromatic heterocycles. The summed E-state index contributed by atoms with van der Waals surface area (Å²) in [5.41, 5.74) is 0.928. The number of amides is 2. The van der Waals surface area contributed by atoms with Crippen LogP contribution >= 0.6 is 11.6 Å². The van der Waals surface area contributed by atoms with E-state index >= 15 is 0 Å². The fraction of sp³-hybridized carbons (Fsp3) is 0.636. The van der Waals surface area contributed by atoms with E-state index in [1.165, 1.54) is 0 Å². The number of rotatable bonds is 5. The molecular weight excluding hydrogens is 374 g/mol. The number of nitrogens with one attached hydrogen (secondary N) is 1. The van der Waals surface area contributed by atoms with Crippen LogP contribution in [0.1, 0.15) is 51.1 Å². The van der Waals surface area contributed by atoms with Crippen LogP contribution in [-0.4, -0.2) is 54.3 Å². The molecule has 0 bridgehead atoms. The van der Waals surface area contributed by atoms with Gasteiger partial charge in [0.15, 0.2) is 0 Å². The first kappa shape index (κ1) is 21.1. The molecule has 1 atom stereocenters. The van der Waals surface area contributed by atoms with Crippen molar-refractivity contribution >= 4 is 23.4 Å². The van der Waals surface area contributed by atoms with Crippen LogP contribution in [0.15, 0.2) is 24.3 Å². The highest BCUT2D eigenvalue weighted by atomic mass is 35.5. The number of nitrogens with zero attached hydrogens (tertiary/aromatic N) is 2. The first-order valence-electron chi connectivity index (χ1n) is 10.5. The summed E-state index contributed by atoms with van der Waals surface area (Å²) in [6, 6.07) is 7.46. The highest BCUT2D eigenvalue weighted by Crippen LogP contribution is 2.24. The molecule has 3 rings (SSSR count). The number of likely N-dealkylation sites (tertiary alicyclic amines) is 2. The number of hydrogen-bond acceptors (Lipinski definition) is 3. The summed E-state index contributed by atoms with van der Waals surface area (Å²) in [5.74, 6) is 1.18. The highest BCUT2D eigenvalue weighted by molar-refractivity contribution is 6.31. The Morgan fingerprint density at radius 1 is 1.11 bits per heavy atom. The second kappa shape index (κ2) is 9.75. The molecule has 1 aromatic rings. The molecule has 0 saturated carbocycles. The Hall–Kier alpha value is -1.59. The van der Waals surface area contributed by atoms with E-state index in [-0.39, 0.29) is 17.9 Å². The summed E-state index contributed by atoms with van der Waals surface area (Å²) in [6.07, 6.45) is 3.93. The van der Waals surface area contributed by atoms with Gasteiger partial charge < -0.3 is 10.2 Å². The zero-order valence-electron chi connectivity index (χ0n) is 17.0. The van der Waals surface area contributed by atoms with Crippen LogP contribution in [0.25, 0.3) is 0 Å². The zero-order valence-corrected chi connectivity index (χ0v) is 17.8. The van der Waals surface area contributed by atoms with Crippen molar-refractivity contribution in [3.05, 3.63) is 34.9 Å². The molecule has 2 saturated heterocycles. The normalized spacial score (nSPS) is 20.8. The average Bonchev–Trinajstić information content (AvgIpc) is 2.69. The minimum absolute atomic E-state index is 0.00205. The van der Waals surface area contributed by atoms with Crippen LogP contribution in [0.5, 0.6) is 0 Å². The van der Waals surface area contributed by atoms with E-state index in [0.29, 0.717) is 17.5 Å². The fourth-order valence-electron chi connectivity index (χ4n) is 4.22. The third-order valence-corrected chi connectivity index (χ3v) is 6.49. The molecule has 2 fully saturated rings. The van der Waals surface area contributed by atoms with E-state index in [0.717, 1.165) is 63.3 Å². The Kier molecular flexibility index (Phi) is 7.36. The molecule has 154 valence electrons. The van der Waals surface area contributed by atoms with Crippen LogP contribution in [-0.2, 0) is 9.59 Å². The zero-order chi connectivity index (χ0) is 20.1. The van der Waals surface area contributed by atoms with Gasteiger partial charge >= 0.3 is 0 Å². The van der Waals surface area contributed by atoms with Gasteiger partial charge in [-0.05, 0) is 63.2 Å². The quantitative estimate of drug-likeness (QED) is 0.815. The van der Waals surface area contributed by atoms with Crippen molar-refractivity contribution in [1.29, 1.82) is 0 Å². The summed E-state index contributed by atoms with van der Waals surface area (Å²) in [6.45, 7) is 7.99. The molecule has 1 N–H and O–H groups in total. The van der Waals surface area contributed by atoms with Gasteiger partial charge in [0, 0.05) is 24.0 Å². The van der Waals surface area contributed by atoms with Gasteiger partial charge in [-0.15, -0.1) is 0 Å². The van der Waals surface area contributed by atoms with Gasteiger partial charge in [0.1, 0.15) is 0 Å². The van der Waals surface area contributed by atoms with Crippen LogP contribution < -0.4 is 5.32 Å². The molecule has 0 aliphatic carbocycles. The van der Waals surface area contributed by atoms with Crippen LogP contribution in [0, 0.1) is 11.8 Å². The van der Waals surface area contributed by atoms with E-state index in [2.05, 4.69) is 22.0 Å². The van der Waals surface area contributed by atoms with Crippen molar-refractivity contribution in [1.82, 2.24) is 15.1 Å². The maximum atomic E-state index is 12.7. The van der Waals surface area contributed by atoms with Crippen LogP contribution in [0.4, 0.5) is 0 Å². The number of hydrogen-bond donors (Lipinski definition) is 1. The van der Waals surface area contributed by atoms with E-state index in [1.54, 1.807) is 0 Å². The van der Waals surface area contributed by atoms with Gasteiger partial charge in [-0.1, -0.05) is 36.7 Å². The number of benzene rings is 1. The number of carbonyl (C=O) groups excluding carboxylic acids is 2. The molecule has 2 aliphatic heterocycles. The van der Waals surface area contributed by atoms with Gasteiger partial charge in [-0.3, -0.25) is 14.5 Å². The number of halogens is 1. The SMILES string of the molecule is CC1CCN(C(=O)C2CCN(CC(=O)NC(C)c3ccccc3Cl)CC2)CC1. The first-order chi connectivity index (χ1) is 13.4. The lowest BCUT2D eigenvalue weighted by Crippen LogP contribution is -2.47. The molecule has 0 radical (unpaired) electrons. The average molecular weight is 406 g/mol. The van der Waals surface area contributed by atoms with Crippen LogP contribution in [0.2, 0.25) is 5.02 Å². The maximum Gasteiger partial charge on any atom is 0.234 e. The van der Waals surface area contributed by atoms with E-state index < -0.39 is 0 Å². The lowest BCUT2D eigenvalue weighted by Gasteiger charge is -2.36. The van der Waals surface area contributed by atoms with Crippen molar-refractivity contribution in [2.24, 2.45) is 11.8 Å². The summed E-state index contributed by atoms with van der Waals surface area (Å²) in [7, 11) is 0. The van der Waals surface area contributed by atoms with Gasteiger partial charge in [-0.2, -0.15) is 0 Å². The topological polar surface area (TPSA) is 52.7 Å². The van der Waals surface area contributed by atoms with Gasteiger partial charge in [0.25, 0.3) is 0 Å². The fourth-order valence-corrected chi connectivity index (χ4v) is 4.52. The number of piperidine rings is 2. The largest absolute Gasteiger partial charge is 0.348 e. The Balaban J connectivity index is 1.42. The molecule has 2 aliphatic rings. The Labute approximate surface area is 173 Å². The summed E-state index contributed by atoms with van der Waals surface area (Å²) >= 11 is 6.21. The highest BCUT2D eigenvalue weighted by Gasteiger charge is 2.30. The van der Waals surface area contributed by atoms with E-state index in [4.69, 9.17) is 11.6 Å². The minimum atomic E-state index is -0.123. The lowest BCUT2D eigenvalue weighted by molar-refractivity contribution is -0.138. The predicted molar refractivity (Wildman–Crippen MR) is 112 cm³/mol. The summed E-state index contributed by atoms with van der Waals surface area (Å²) in [4.78, 5) is 29.4. The maximum absolute atomic E-state index is 12.7. The molecule has 2 amide bonds. The molecule has 5 nitrogen and oxygen atoms in total. The van der Waals surface area contributed by atoms with E-state index in [9.17, 15) is 9.59 Å². The van der Waals surface area contributed by atoms with Crippen molar-refractivity contribution in [2.45, 2.75) is 45.6 Å². The third kappa shape index (κ3) is 5.48. The van der Waals surface area contributed by atoms with Crippen molar-refractivity contribution in [2.75, 3.05) is 32.7 Å². The summed E-state index contributed by atoms with van der Waals surface area (Å²) in [5, 5.41) is 3.70. The second-order valence-corrected chi connectivity index (χ2v) is 8.78. The Morgan fingerprint density at radius 3 is 2.39 bits per heavy atom. The predicted octanol–water partition coefficient (Wildman–Crippen LogP) is 3.49. The monoisotopic (exact) mass is 405 g/mol. The summed E-state index contributed by atoms with van der Waals surface area (Å²) < 4.78 is 0. The molecule has 0 spiro atoms. The Bertz CT molecular complexity index is 680. The molecule has 28 heavy (non-hydrogen) atoms. The van der Waals surface area contributed by atoms with Gasteiger partial charge in [0.05, 0.1) is 12.6 Å². The van der Waals surface area contributed by atoms with E-state index in [1.807, 2.05) is 31.2 Å². The molecule has 1 unspecified atom stereocenters. The van der Waals surface area contributed by atoms with Crippen LogP contribution in [0.3, 0.4) is 0 Å². The first-order valence-corrected chi connectivity index (χ1v) is 10.9. The van der Waals surface area contributed by atoms with Crippen molar-refractivity contribution < 1.29 is 9.59 Å². The molecule has 2 heterocycles. The standard InChI is InChI=1S/C22H32ClN3O2/c1-16-7-13-26(14-8-16)22(28)18-9-11-25(12-10-18)15-21(27)24-17(2)19-5-3-4-6-20(19)23/h3-6,16-18H,7-15H2,1-2H3,(H,24,27). The molecule has 1 aromatic carbocycles. The minimum Gasteiger partial charge on any atom is -0.348 e. The van der Waals surface area contributed by atoms with Gasteiger partial charge in [-0.25, -0.2) is 0 Å². The van der Waals surface area contributed by atoms with Gasteiger partial charge in [0.2, 0.25) is 11.8 Å². The third-order valence-electron chi connectivity index (χ3n) is 6.15. The Morgan fingerprint density at radius 2 is 1.75 bits per heavy atom. The van der Waals surface area contributed by atoms with Crippen molar-refractivity contribution in [3.8, 4) is 0 Å². The second-order valence-electron chi connectivity index (χ2n) is 8.37.